The number of carbonyl (C=O) groups excluding carboxylic acids is 2. The number of fused-ring (bicyclic) bond motifs is 1. The first-order valence-corrected chi connectivity index (χ1v) is 7.20. The molecule has 3 nitrogen and oxygen atoms in total. The second-order valence-corrected chi connectivity index (χ2v) is 5.90. The van der Waals surface area contributed by atoms with Crippen LogP contribution >= 0.6 is 0 Å². The maximum absolute atomic E-state index is 13.0. The molecule has 2 aliphatic rings. The van der Waals surface area contributed by atoms with Crippen molar-refractivity contribution in [2.75, 3.05) is 0 Å². The van der Waals surface area contributed by atoms with E-state index < -0.39 is 53.2 Å². The van der Waals surface area contributed by atoms with Crippen molar-refractivity contribution in [2.24, 2.45) is 11.8 Å². The zero-order valence-corrected chi connectivity index (χ0v) is 12.3. The molecule has 1 aliphatic carbocycles. The highest BCUT2D eigenvalue weighted by molar-refractivity contribution is 5.97. The number of allylic oxidation sites excluding steroid dienone is 2. The third kappa shape index (κ3) is 3.14. The van der Waals surface area contributed by atoms with Gasteiger partial charge in [-0.05, 0) is 30.2 Å². The Kier molecular flexibility index (Phi) is 3.92. The monoisotopic (exact) mass is 364 g/mol. The van der Waals surface area contributed by atoms with Gasteiger partial charge in [-0.1, -0.05) is 12.2 Å². The lowest BCUT2D eigenvalue weighted by atomic mass is 9.74. The van der Waals surface area contributed by atoms with Gasteiger partial charge in [-0.2, -0.15) is 26.3 Å². The van der Waals surface area contributed by atoms with Crippen molar-refractivity contribution in [3.8, 4) is 0 Å². The van der Waals surface area contributed by atoms with Gasteiger partial charge in [0, 0.05) is 5.92 Å². The first kappa shape index (κ1) is 17.5. The highest BCUT2D eigenvalue weighted by Crippen LogP contribution is 2.45. The number of hydrogen-bond donors (Lipinski definition) is 0. The molecule has 0 amide bonds. The van der Waals surface area contributed by atoms with Crippen molar-refractivity contribution in [3.63, 3.8) is 0 Å². The average Bonchev–Trinajstić information content (AvgIpc) is 2.80. The number of halogens is 6. The summed E-state index contributed by atoms with van der Waals surface area (Å²) in [7, 11) is 0. The van der Waals surface area contributed by atoms with Gasteiger partial charge in [0.1, 0.15) is 0 Å². The standard InChI is InChI=1S/C16H10F6O3/c17-15(18,19)8-4-7(5-9(6-8)16(20,21)22)10-2-1-3-11-12(10)14(24)25-13(11)23/h1-2,4-6,10-12H,3H2/t10-,11-,12-/m0/s1. The van der Waals surface area contributed by atoms with Crippen molar-refractivity contribution in [1.82, 2.24) is 0 Å². The molecule has 134 valence electrons. The van der Waals surface area contributed by atoms with E-state index in [0.29, 0.717) is 12.1 Å². The molecule has 0 spiro atoms. The molecule has 1 heterocycles. The van der Waals surface area contributed by atoms with Crippen molar-refractivity contribution in [1.29, 1.82) is 0 Å². The number of cyclic esters (lactones) is 2. The highest BCUT2D eigenvalue weighted by atomic mass is 19.4. The maximum Gasteiger partial charge on any atom is 0.416 e. The Morgan fingerprint density at radius 3 is 1.96 bits per heavy atom. The number of hydrogen-bond acceptors (Lipinski definition) is 3. The van der Waals surface area contributed by atoms with Crippen LogP contribution in [0.5, 0.6) is 0 Å². The number of carbonyl (C=O) groups is 2. The van der Waals surface area contributed by atoms with Crippen LogP contribution in [-0.4, -0.2) is 11.9 Å². The molecular formula is C16H10F6O3. The Morgan fingerprint density at radius 2 is 1.44 bits per heavy atom. The van der Waals surface area contributed by atoms with Crippen LogP contribution in [-0.2, 0) is 26.7 Å². The first-order valence-electron chi connectivity index (χ1n) is 7.20. The predicted octanol–water partition coefficient (Wildman–Crippen LogP) is 4.08. The second-order valence-electron chi connectivity index (χ2n) is 5.90. The normalized spacial score (nSPS) is 26.6. The fraction of sp³-hybridized carbons (Fsp3) is 0.375. The quantitative estimate of drug-likeness (QED) is 0.326. The zero-order chi connectivity index (χ0) is 18.6. The van der Waals surface area contributed by atoms with Crippen molar-refractivity contribution in [3.05, 3.63) is 47.0 Å². The lowest BCUT2D eigenvalue weighted by molar-refractivity contribution is -0.154. The minimum atomic E-state index is -4.99. The molecule has 0 saturated carbocycles. The van der Waals surface area contributed by atoms with Crippen LogP contribution in [0.2, 0.25) is 0 Å². The van der Waals surface area contributed by atoms with Crippen LogP contribution in [0.15, 0.2) is 30.4 Å². The summed E-state index contributed by atoms with van der Waals surface area (Å²) in [6.07, 6.45) is -7.02. The fourth-order valence-corrected chi connectivity index (χ4v) is 3.17. The molecule has 0 radical (unpaired) electrons. The van der Waals surface area contributed by atoms with Gasteiger partial charge in [0.05, 0.1) is 23.0 Å². The van der Waals surface area contributed by atoms with E-state index in [2.05, 4.69) is 4.74 Å². The van der Waals surface area contributed by atoms with Gasteiger partial charge >= 0.3 is 24.3 Å². The predicted molar refractivity (Wildman–Crippen MR) is 71.0 cm³/mol. The van der Waals surface area contributed by atoms with Crippen LogP contribution in [0.4, 0.5) is 26.3 Å². The largest absolute Gasteiger partial charge is 0.416 e. The molecule has 0 unspecified atom stereocenters. The molecule has 0 aromatic heterocycles. The van der Waals surface area contributed by atoms with Crippen LogP contribution < -0.4 is 0 Å². The van der Waals surface area contributed by atoms with Gasteiger partial charge < -0.3 is 4.74 Å². The fourth-order valence-electron chi connectivity index (χ4n) is 3.17. The summed E-state index contributed by atoms with van der Waals surface area (Å²) in [6, 6.07) is 1.16. The van der Waals surface area contributed by atoms with Crippen LogP contribution in [0.3, 0.4) is 0 Å². The van der Waals surface area contributed by atoms with E-state index in [4.69, 9.17) is 0 Å². The Bertz CT molecular complexity index is 730. The summed E-state index contributed by atoms with van der Waals surface area (Å²) in [5, 5.41) is 0. The molecule has 0 bridgehead atoms. The van der Waals surface area contributed by atoms with Crippen LogP contribution in [0.1, 0.15) is 29.0 Å². The average molecular weight is 364 g/mol. The van der Waals surface area contributed by atoms with Gasteiger partial charge in [0.2, 0.25) is 0 Å². The van der Waals surface area contributed by atoms with Gasteiger partial charge in [-0.25, -0.2) is 0 Å². The smallest absolute Gasteiger partial charge is 0.393 e. The van der Waals surface area contributed by atoms with E-state index in [-0.39, 0.29) is 18.1 Å². The van der Waals surface area contributed by atoms with Gasteiger partial charge in [-0.3, -0.25) is 9.59 Å². The minimum Gasteiger partial charge on any atom is -0.393 e. The molecule has 3 atom stereocenters. The Morgan fingerprint density at radius 1 is 0.880 bits per heavy atom. The lowest BCUT2D eigenvalue weighted by Crippen LogP contribution is -2.27. The van der Waals surface area contributed by atoms with Crippen molar-refractivity contribution in [2.45, 2.75) is 24.7 Å². The van der Waals surface area contributed by atoms with Crippen LogP contribution in [0, 0.1) is 11.8 Å². The molecule has 3 rings (SSSR count). The Balaban J connectivity index is 2.13. The van der Waals surface area contributed by atoms with E-state index in [1.165, 1.54) is 12.2 Å². The number of alkyl halides is 6. The minimum absolute atomic E-state index is 0.0195. The third-order valence-electron chi connectivity index (χ3n) is 4.32. The highest BCUT2D eigenvalue weighted by Gasteiger charge is 2.49. The summed E-state index contributed by atoms with van der Waals surface area (Å²) >= 11 is 0. The third-order valence-corrected chi connectivity index (χ3v) is 4.32. The topological polar surface area (TPSA) is 43.4 Å². The number of rotatable bonds is 1. The van der Waals surface area contributed by atoms with E-state index >= 15 is 0 Å². The molecule has 0 N–H and O–H groups in total. The van der Waals surface area contributed by atoms with E-state index in [1.54, 1.807) is 0 Å². The summed E-state index contributed by atoms with van der Waals surface area (Å²) in [5.74, 6) is -4.86. The maximum atomic E-state index is 13.0. The van der Waals surface area contributed by atoms with E-state index in [0.717, 1.165) is 0 Å². The molecule has 1 fully saturated rings. The molecule has 1 aliphatic heterocycles. The molecular weight excluding hydrogens is 354 g/mol. The number of ether oxygens (including phenoxy) is 1. The van der Waals surface area contributed by atoms with Crippen molar-refractivity contribution >= 4 is 11.9 Å². The van der Waals surface area contributed by atoms with E-state index in [9.17, 15) is 35.9 Å². The zero-order valence-electron chi connectivity index (χ0n) is 12.3. The summed E-state index contributed by atoms with van der Waals surface area (Å²) in [4.78, 5) is 23.5. The van der Waals surface area contributed by atoms with Gasteiger partial charge in [0.25, 0.3) is 0 Å². The molecule has 25 heavy (non-hydrogen) atoms. The van der Waals surface area contributed by atoms with Gasteiger partial charge in [-0.15, -0.1) is 0 Å². The molecule has 9 heteroatoms. The number of esters is 2. The molecule has 1 aromatic carbocycles. The molecule has 1 saturated heterocycles. The second kappa shape index (κ2) is 5.60. The summed E-state index contributed by atoms with van der Waals surface area (Å²) in [6.45, 7) is 0. The molecule has 1 aromatic rings. The lowest BCUT2D eigenvalue weighted by Gasteiger charge is -2.26. The first-order chi connectivity index (χ1) is 11.5. The Hall–Kier alpha value is -2.32. The van der Waals surface area contributed by atoms with Crippen LogP contribution in [0.25, 0.3) is 0 Å². The summed E-state index contributed by atoms with van der Waals surface area (Å²) in [5.41, 5.74) is -3.27. The van der Waals surface area contributed by atoms with Crippen molar-refractivity contribution < 1.29 is 40.7 Å². The Labute approximate surface area is 137 Å². The number of benzene rings is 1. The summed E-state index contributed by atoms with van der Waals surface area (Å²) < 4.78 is 82.4. The van der Waals surface area contributed by atoms with Gasteiger partial charge in [0.15, 0.2) is 0 Å². The van der Waals surface area contributed by atoms with E-state index in [1.807, 2.05) is 0 Å². The SMILES string of the molecule is O=C1OC(=O)[C@H]2CC=C[C@@H](c3cc(C(F)(F)F)cc(C(F)(F)F)c3)[C@H]12.